The summed E-state index contributed by atoms with van der Waals surface area (Å²) in [6, 6.07) is 10.4. The highest BCUT2D eigenvalue weighted by atomic mass is 16.2. The van der Waals surface area contributed by atoms with E-state index in [-0.39, 0.29) is 23.4 Å². The zero-order valence-electron chi connectivity index (χ0n) is 14.9. The van der Waals surface area contributed by atoms with Crippen LogP contribution in [0.2, 0.25) is 0 Å². The predicted molar refractivity (Wildman–Crippen MR) is 95.3 cm³/mol. The molecule has 0 spiro atoms. The number of amides is 1. The van der Waals surface area contributed by atoms with Crippen LogP contribution in [0, 0.1) is 5.41 Å². The number of rotatable bonds is 5. The molecule has 3 unspecified atom stereocenters. The Morgan fingerprint density at radius 1 is 1.35 bits per heavy atom. The van der Waals surface area contributed by atoms with E-state index in [9.17, 15) is 4.79 Å². The Kier molecular flexibility index (Phi) is 5.82. The molecule has 0 radical (unpaired) electrons. The molecule has 23 heavy (non-hydrogen) atoms. The van der Waals surface area contributed by atoms with Crippen molar-refractivity contribution >= 4 is 5.91 Å². The smallest absolute Gasteiger partial charge is 0.237 e. The van der Waals surface area contributed by atoms with Gasteiger partial charge in [-0.25, -0.2) is 0 Å². The van der Waals surface area contributed by atoms with Gasteiger partial charge in [-0.15, -0.1) is 0 Å². The van der Waals surface area contributed by atoms with Crippen LogP contribution < -0.4 is 11.1 Å². The molecule has 3 atom stereocenters. The van der Waals surface area contributed by atoms with Gasteiger partial charge in [0.1, 0.15) is 0 Å². The molecular formula is C19H31N3O. The highest BCUT2D eigenvalue weighted by Crippen LogP contribution is 2.28. The molecule has 1 fully saturated rings. The number of likely N-dealkylation sites (tertiary alicyclic amines) is 1. The lowest BCUT2D eigenvalue weighted by molar-refractivity contribution is -0.127. The van der Waals surface area contributed by atoms with Crippen molar-refractivity contribution in [1.82, 2.24) is 10.2 Å². The lowest BCUT2D eigenvalue weighted by atomic mass is 9.79. The number of nitrogens with one attached hydrogen (secondary N) is 1. The van der Waals surface area contributed by atoms with Crippen LogP contribution in [0.3, 0.4) is 0 Å². The molecule has 128 valence electrons. The van der Waals surface area contributed by atoms with Crippen molar-refractivity contribution in [2.24, 2.45) is 11.1 Å². The van der Waals surface area contributed by atoms with E-state index in [1.54, 1.807) is 0 Å². The number of nitrogens with two attached hydrogens (primary N) is 1. The standard InChI is InChI=1S/C19H31N3O/c1-14(16-8-6-5-7-9-16)12-21-18(23)15(2)22-11-10-17(20)19(3,4)13-22/h5-9,14-15,17H,10-13,20H2,1-4H3,(H,21,23). The summed E-state index contributed by atoms with van der Waals surface area (Å²) in [6.07, 6.45) is 0.949. The number of piperidine rings is 1. The number of hydrogen-bond acceptors (Lipinski definition) is 3. The van der Waals surface area contributed by atoms with Gasteiger partial charge in [-0.2, -0.15) is 0 Å². The van der Waals surface area contributed by atoms with E-state index in [0.29, 0.717) is 12.5 Å². The minimum Gasteiger partial charge on any atom is -0.354 e. The average molecular weight is 317 g/mol. The zero-order valence-corrected chi connectivity index (χ0v) is 14.9. The molecule has 1 aromatic rings. The lowest BCUT2D eigenvalue weighted by Gasteiger charge is -2.44. The summed E-state index contributed by atoms with van der Waals surface area (Å²) < 4.78 is 0. The van der Waals surface area contributed by atoms with Crippen LogP contribution in [0.4, 0.5) is 0 Å². The minimum absolute atomic E-state index is 0.0596. The summed E-state index contributed by atoms with van der Waals surface area (Å²) in [4.78, 5) is 14.7. The molecule has 1 aromatic carbocycles. The molecule has 4 heteroatoms. The van der Waals surface area contributed by atoms with E-state index < -0.39 is 0 Å². The molecule has 0 aliphatic carbocycles. The third kappa shape index (κ3) is 4.55. The number of carbonyl (C=O) groups excluding carboxylic acids is 1. The fraction of sp³-hybridized carbons (Fsp3) is 0.632. The predicted octanol–water partition coefficient (Wildman–Crippen LogP) is 2.35. The molecule has 3 N–H and O–H groups in total. The first-order chi connectivity index (χ1) is 10.8. The minimum atomic E-state index is -0.107. The van der Waals surface area contributed by atoms with Crippen LogP contribution in [0.1, 0.15) is 45.6 Å². The Labute approximate surface area is 140 Å². The largest absolute Gasteiger partial charge is 0.354 e. The quantitative estimate of drug-likeness (QED) is 0.876. The van der Waals surface area contributed by atoms with Gasteiger partial charge in [0.15, 0.2) is 0 Å². The van der Waals surface area contributed by atoms with Crippen molar-refractivity contribution in [2.45, 2.75) is 52.1 Å². The molecule has 1 aliphatic heterocycles. The van der Waals surface area contributed by atoms with Crippen LogP contribution in [0.25, 0.3) is 0 Å². The topological polar surface area (TPSA) is 58.4 Å². The van der Waals surface area contributed by atoms with E-state index in [2.05, 4.69) is 43.1 Å². The summed E-state index contributed by atoms with van der Waals surface area (Å²) in [6.45, 7) is 10.9. The molecular weight excluding hydrogens is 286 g/mol. The highest BCUT2D eigenvalue weighted by Gasteiger charge is 2.36. The molecule has 0 saturated carbocycles. The maximum absolute atomic E-state index is 12.5. The van der Waals surface area contributed by atoms with Gasteiger partial charge in [0.2, 0.25) is 5.91 Å². The summed E-state index contributed by atoms with van der Waals surface area (Å²) in [5.41, 5.74) is 7.50. The zero-order chi connectivity index (χ0) is 17.0. The van der Waals surface area contributed by atoms with Crippen molar-refractivity contribution in [2.75, 3.05) is 19.6 Å². The van der Waals surface area contributed by atoms with Crippen LogP contribution in [-0.2, 0) is 4.79 Å². The van der Waals surface area contributed by atoms with Gasteiger partial charge < -0.3 is 11.1 Å². The van der Waals surface area contributed by atoms with Gasteiger partial charge in [-0.3, -0.25) is 9.69 Å². The molecule has 0 aromatic heterocycles. The second-order valence-electron chi connectivity index (χ2n) is 7.59. The second kappa shape index (κ2) is 7.45. The first kappa shape index (κ1) is 18.0. The molecule has 1 saturated heterocycles. The summed E-state index contributed by atoms with van der Waals surface area (Å²) in [7, 11) is 0. The average Bonchev–Trinajstić information content (AvgIpc) is 2.54. The van der Waals surface area contributed by atoms with Crippen molar-refractivity contribution in [3.8, 4) is 0 Å². The first-order valence-corrected chi connectivity index (χ1v) is 8.63. The fourth-order valence-corrected chi connectivity index (χ4v) is 3.21. The van der Waals surface area contributed by atoms with E-state index in [1.807, 2.05) is 25.1 Å². The SMILES string of the molecule is CC(CNC(=O)C(C)N1CCC(N)C(C)(C)C1)c1ccccc1. The van der Waals surface area contributed by atoms with Crippen LogP contribution >= 0.6 is 0 Å². The maximum atomic E-state index is 12.5. The van der Waals surface area contributed by atoms with Crippen molar-refractivity contribution < 1.29 is 4.79 Å². The second-order valence-corrected chi connectivity index (χ2v) is 7.59. The molecule has 1 heterocycles. The fourth-order valence-electron chi connectivity index (χ4n) is 3.21. The summed E-state index contributed by atoms with van der Waals surface area (Å²) in [5, 5.41) is 3.10. The Balaban J connectivity index is 1.86. The first-order valence-electron chi connectivity index (χ1n) is 8.63. The maximum Gasteiger partial charge on any atom is 0.237 e. The van der Waals surface area contributed by atoms with E-state index in [4.69, 9.17) is 5.73 Å². The van der Waals surface area contributed by atoms with Gasteiger partial charge in [-0.05, 0) is 30.2 Å². The molecule has 1 aliphatic rings. The lowest BCUT2D eigenvalue weighted by Crippen LogP contribution is -2.57. The van der Waals surface area contributed by atoms with E-state index in [0.717, 1.165) is 19.5 Å². The summed E-state index contributed by atoms with van der Waals surface area (Å²) in [5.74, 6) is 0.428. The Morgan fingerprint density at radius 2 is 2.00 bits per heavy atom. The third-order valence-corrected chi connectivity index (χ3v) is 5.22. The van der Waals surface area contributed by atoms with Crippen molar-refractivity contribution in [3.05, 3.63) is 35.9 Å². The number of nitrogens with zero attached hydrogens (tertiary/aromatic N) is 1. The molecule has 1 amide bonds. The number of carbonyl (C=O) groups is 1. The van der Waals surface area contributed by atoms with E-state index in [1.165, 1.54) is 5.56 Å². The molecule has 0 bridgehead atoms. The Morgan fingerprint density at radius 3 is 2.61 bits per heavy atom. The van der Waals surface area contributed by atoms with Crippen molar-refractivity contribution in [1.29, 1.82) is 0 Å². The Hall–Kier alpha value is -1.39. The number of hydrogen-bond donors (Lipinski definition) is 2. The monoisotopic (exact) mass is 317 g/mol. The third-order valence-electron chi connectivity index (χ3n) is 5.22. The van der Waals surface area contributed by atoms with Gasteiger partial charge >= 0.3 is 0 Å². The highest BCUT2D eigenvalue weighted by molar-refractivity contribution is 5.81. The molecule has 2 rings (SSSR count). The van der Waals surface area contributed by atoms with Crippen LogP contribution in [-0.4, -0.2) is 42.5 Å². The van der Waals surface area contributed by atoms with Gasteiger partial charge in [-0.1, -0.05) is 51.1 Å². The normalized spacial score (nSPS) is 24.0. The van der Waals surface area contributed by atoms with Crippen LogP contribution in [0.5, 0.6) is 0 Å². The number of benzene rings is 1. The van der Waals surface area contributed by atoms with Gasteiger partial charge in [0.25, 0.3) is 0 Å². The van der Waals surface area contributed by atoms with Crippen molar-refractivity contribution in [3.63, 3.8) is 0 Å². The van der Waals surface area contributed by atoms with Crippen LogP contribution in [0.15, 0.2) is 30.3 Å². The van der Waals surface area contributed by atoms with Gasteiger partial charge in [0, 0.05) is 25.7 Å². The Bertz CT molecular complexity index is 515. The molecule has 4 nitrogen and oxygen atoms in total. The van der Waals surface area contributed by atoms with E-state index >= 15 is 0 Å². The summed E-state index contributed by atoms with van der Waals surface area (Å²) >= 11 is 0. The van der Waals surface area contributed by atoms with Gasteiger partial charge in [0.05, 0.1) is 6.04 Å².